The van der Waals surface area contributed by atoms with Crippen molar-refractivity contribution >= 4 is 12.0 Å². The first kappa shape index (κ1) is 11.0. The van der Waals surface area contributed by atoms with Gasteiger partial charge >= 0.3 is 6.09 Å². The van der Waals surface area contributed by atoms with Gasteiger partial charge in [0.05, 0.1) is 0 Å². The summed E-state index contributed by atoms with van der Waals surface area (Å²) in [7, 11) is 0. The zero-order valence-corrected chi connectivity index (χ0v) is 8.16. The van der Waals surface area contributed by atoms with Gasteiger partial charge in [-0.25, -0.2) is 4.79 Å². The van der Waals surface area contributed by atoms with Gasteiger partial charge < -0.3 is 4.74 Å². The molecule has 0 spiro atoms. The summed E-state index contributed by atoms with van der Waals surface area (Å²) >= 11 is 0. The third-order valence-corrected chi connectivity index (χ3v) is 1.77. The molecule has 0 radical (unpaired) electrons. The average molecular weight is 205 g/mol. The highest BCUT2D eigenvalue weighted by molar-refractivity contribution is 6.06. The van der Waals surface area contributed by atoms with E-state index in [2.05, 4.69) is 18.5 Å². The second-order valence-corrected chi connectivity index (χ2v) is 2.77. The highest BCUT2D eigenvalue weighted by Crippen LogP contribution is 2.14. The van der Waals surface area contributed by atoms with Crippen molar-refractivity contribution in [3.8, 4) is 0 Å². The van der Waals surface area contributed by atoms with Crippen LogP contribution in [0.5, 0.6) is 0 Å². The SMILES string of the molecule is C=C/C=C1/COC(=O)NC(=O)/C1=C/C=C. The van der Waals surface area contributed by atoms with Crippen molar-refractivity contribution in [1.29, 1.82) is 0 Å². The van der Waals surface area contributed by atoms with E-state index in [4.69, 9.17) is 4.74 Å². The maximum Gasteiger partial charge on any atom is 0.414 e. The van der Waals surface area contributed by atoms with Gasteiger partial charge in [0.25, 0.3) is 5.91 Å². The summed E-state index contributed by atoms with van der Waals surface area (Å²) in [6.07, 6.45) is 5.39. The van der Waals surface area contributed by atoms with E-state index in [1.165, 1.54) is 18.2 Å². The number of rotatable bonds is 2. The van der Waals surface area contributed by atoms with Crippen LogP contribution in [0, 0.1) is 0 Å². The predicted molar refractivity (Wildman–Crippen MR) is 56.1 cm³/mol. The summed E-state index contributed by atoms with van der Waals surface area (Å²) in [5.41, 5.74) is 0.948. The molecule has 0 aliphatic carbocycles. The number of carbonyl (C=O) groups is 2. The largest absolute Gasteiger partial charge is 0.444 e. The van der Waals surface area contributed by atoms with Crippen molar-refractivity contribution in [1.82, 2.24) is 5.32 Å². The second kappa shape index (κ2) is 4.95. The predicted octanol–water partition coefficient (Wildman–Crippen LogP) is 1.48. The third-order valence-electron chi connectivity index (χ3n) is 1.77. The Bertz CT molecular complexity index is 377. The van der Waals surface area contributed by atoms with Crippen molar-refractivity contribution < 1.29 is 14.3 Å². The first-order valence-corrected chi connectivity index (χ1v) is 4.32. The summed E-state index contributed by atoms with van der Waals surface area (Å²) in [5, 5.41) is 2.07. The van der Waals surface area contributed by atoms with Gasteiger partial charge in [-0.3, -0.25) is 10.1 Å². The fourth-order valence-corrected chi connectivity index (χ4v) is 1.14. The van der Waals surface area contributed by atoms with Crippen LogP contribution in [-0.4, -0.2) is 18.6 Å². The van der Waals surface area contributed by atoms with E-state index in [0.717, 1.165) is 0 Å². The molecule has 4 heteroatoms. The van der Waals surface area contributed by atoms with Gasteiger partial charge in [0.15, 0.2) is 0 Å². The summed E-state index contributed by atoms with van der Waals surface area (Å²) < 4.78 is 4.75. The second-order valence-electron chi connectivity index (χ2n) is 2.77. The summed E-state index contributed by atoms with van der Waals surface area (Å²) in [4.78, 5) is 22.4. The molecule has 1 rings (SSSR count). The first-order valence-electron chi connectivity index (χ1n) is 4.32. The zero-order chi connectivity index (χ0) is 11.3. The minimum atomic E-state index is -0.748. The van der Waals surface area contributed by atoms with Crippen molar-refractivity contribution in [3.05, 3.63) is 48.6 Å². The number of carbonyl (C=O) groups excluding carboxylic acids is 2. The van der Waals surface area contributed by atoms with Crippen molar-refractivity contribution in [2.45, 2.75) is 0 Å². The normalized spacial score (nSPS) is 21.9. The van der Waals surface area contributed by atoms with Gasteiger partial charge in [0.1, 0.15) is 6.61 Å². The first-order chi connectivity index (χ1) is 7.19. The molecule has 15 heavy (non-hydrogen) atoms. The molecular weight excluding hydrogens is 194 g/mol. The van der Waals surface area contributed by atoms with Crippen molar-refractivity contribution in [2.75, 3.05) is 6.61 Å². The lowest BCUT2D eigenvalue weighted by atomic mass is 10.1. The number of allylic oxidation sites excluding steroid dienone is 4. The fraction of sp³-hybridized carbons (Fsp3) is 0.0909. The highest BCUT2D eigenvalue weighted by atomic mass is 16.5. The molecule has 4 nitrogen and oxygen atoms in total. The molecule has 78 valence electrons. The smallest absolute Gasteiger partial charge is 0.414 e. The maximum atomic E-state index is 11.5. The Morgan fingerprint density at radius 2 is 1.87 bits per heavy atom. The van der Waals surface area contributed by atoms with Crippen LogP contribution in [0.15, 0.2) is 48.6 Å². The third kappa shape index (κ3) is 2.67. The molecule has 0 atom stereocenters. The number of alkyl carbamates (subject to hydrolysis) is 1. The van der Waals surface area contributed by atoms with Gasteiger partial charge in [-0.2, -0.15) is 0 Å². The van der Waals surface area contributed by atoms with Crippen LogP contribution in [0.2, 0.25) is 0 Å². The lowest BCUT2D eigenvalue weighted by Crippen LogP contribution is -2.28. The van der Waals surface area contributed by atoms with Crippen LogP contribution in [0.3, 0.4) is 0 Å². The molecular formula is C11H11NO3. The Hall–Kier alpha value is -2.10. The van der Waals surface area contributed by atoms with E-state index in [-0.39, 0.29) is 6.61 Å². The molecule has 1 aliphatic rings. The van der Waals surface area contributed by atoms with Crippen molar-refractivity contribution in [3.63, 3.8) is 0 Å². The van der Waals surface area contributed by atoms with Crippen LogP contribution in [0.4, 0.5) is 4.79 Å². The highest BCUT2D eigenvalue weighted by Gasteiger charge is 2.22. The molecule has 1 aliphatic heterocycles. The molecule has 1 fully saturated rings. The lowest BCUT2D eigenvalue weighted by molar-refractivity contribution is -0.116. The van der Waals surface area contributed by atoms with Crippen LogP contribution in [-0.2, 0) is 9.53 Å². The van der Waals surface area contributed by atoms with E-state index in [9.17, 15) is 9.59 Å². The summed E-state index contributed by atoms with van der Waals surface area (Å²) in [6, 6.07) is 0. The van der Waals surface area contributed by atoms with Crippen molar-refractivity contribution in [2.24, 2.45) is 0 Å². The standard InChI is InChI=1S/C11H11NO3/c1-3-5-8-7-15-11(14)12-10(13)9(8)6-4-2/h3-6H,1-2,7H2,(H,12,13,14)/b8-5-,9-6+. The molecule has 0 saturated carbocycles. The van der Waals surface area contributed by atoms with Gasteiger partial charge in [0.2, 0.25) is 0 Å². The topological polar surface area (TPSA) is 55.4 Å². The van der Waals surface area contributed by atoms with Gasteiger partial charge in [0, 0.05) is 11.1 Å². The van der Waals surface area contributed by atoms with Gasteiger partial charge in [-0.15, -0.1) is 0 Å². The average Bonchev–Trinajstić information content (AvgIpc) is 2.31. The number of amides is 2. The molecule has 0 aromatic rings. The van der Waals surface area contributed by atoms with Crippen LogP contribution < -0.4 is 5.32 Å². The fourth-order valence-electron chi connectivity index (χ4n) is 1.14. The van der Waals surface area contributed by atoms with E-state index < -0.39 is 12.0 Å². The monoisotopic (exact) mass is 205 g/mol. The molecule has 1 N–H and O–H groups in total. The maximum absolute atomic E-state index is 11.5. The number of nitrogens with one attached hydrogen (secondary N) is 1. The lowest BCUT2D eigenvalue weighted by Gasteiger charge is -2.02. The minimum absolute atomic E-state index is 0.0449. The Labute approximate surface area is 87.6 Å². The number of hydrogen-bond donors (Lipinski definition) is 1. The number of cyclic esters (lactones) is 1. The summed E-state index contributed by atoms with van der Waals surface area (Å²) in [5.74, 6) is -0.495. The van der Waals surface area contributed by atoms with Crippen LogP contribution in [0.1, 0.15) is 0 Å². The van der Waals surface area contributed by atoms with Gasteiger partial charge in [-0.1, -0.05) is 31.4 Å². The molecule has 0 bridgehead atoms. The van der Waals surface area contributed by atoms with Crippen LogP contribution >= 0.6 is 0 Å². The Morgan fingerprint density at radius 3 is 2.47 bits per heavy atom. The quantitative estimate of drug-likeness (QED) is 0.694. The molecule has 0 aromatic heterocycles. The Kier molecular flexibility index (Phi) is 3.62. The van der Waals surface area contributed by atoms with Crippen LogP contribution in [0.25, 0.3) is 0 Å². The minimum Gasteiger partial charge on any atom is -0.444 e. The zero-order valence-electron chi connectivity index (χ0n) is 8.16. The Morgan fingerprint density at radius 1 is 1.20 bits per heavy atom. The van der Waals surface area contributed by atoms with E-state index in [0.29, 0.717) is 11.1 Å². The molecule has 2 amide bonds. The number of ether oxygens (including phenoxy) is 1. The molecule has 0 aromatic carbocycles. The molecule has 1 heterocycles. The Balaban J connectivity index is 3.12. The molecule has 1 saturated heterocycles. The van der Waals surface area contributed by atoms with E-state index in [1.807, 2.05) is 0 Å². The van der Waals surface area contributed by atoms with E-state index in [1.54, 1.807) is 6.08 Å². The van der Waals surface area contributed by atoms with E-state index >= 15 is 0 Å². The van der Waals surface area contributed by atoms with Gasteiger partial charge in [-0.05, 0) is 6.08 Å². The number of imide groups is 1. The number of hydrogen-bond acceptors (Lipinski definition) is 3. The molecule has 0 unspecified atom stereocenters. The summed E-state index contributed by atoms with van der Waals surface area (Å²) in [6.45, 7) is 7.07.